The van der Waals surface area contributed by atoms with Crippen LogP contribution in [0.5, 0.6) is 0 Å². The number of carbonyl (C=O) groups is 1. The van der Waals surface area contributed by atoms with Crippen LogP contribution in [0.1, 0.15) is 6.42 Å². The van der Waals surface area contributed by atoms with E-state index in [1.54, 1.807) is 4.90 Å². The fourth-order valence-electron chi connectivity index (χ4n) is 1.58. The number of rotatable bonds is 4. The molecule has 0 aromatic heterocycles. The summed E-state index contributed by atoms with van der Waals surface area (Å²) in [6, 6.07) is -0.329. The van der Waals surface area contributed by atoms with Crippen molar-refractivity contribution < 1.29 is 9.90 Å². The Kier molecular flexibility index (Phi) is 3.98. The molecule has 1 saturated heterocycles. The molecule has 1 rings (SSSR count). The third-order valence-electron chi connectivity index (χ3n) is 2.32. The van der Waals surface area contributed by atoms with E-state index in [1.807, 2.05) is 0 Å². The molecule has 0 aliphatic carbocycles. The lowest BCUT2D eigenvalue weighted by Crippen LogP contribution is -2.35. The van der Waals surface area contributed by atoms with Gasteiger partial charge in [-0.2, -0.15) is 0 Å². The molecule has 1 atom stereocenters. The minimum Gasteiger partial charge on any atom is -0.395 e. The van der Waals surface area contributed by atoms with Gasteiger partial charge in [-0.25, -0.2) is 4.79 Å². The summed E-state index contributed by atoms with van der Waals surface area (Å²) in [5, 5.41) is 11.6. The minimum absolute atomic E-state index is 0.159. The highest BCUT2D eigenvalue weighted by Gasteiger charge is 2.23. The second kappa shape index (κ2) is 5.04. The summed E-state index contributed by atoms with van der Waals surface area (Å²) in [5.41, 5.74) is 5.14. The average molecular weight is 187 g/mol. The molecule has 0 spiro atoms. The minimum atomic E-state index is -0.329. The summed E-state index contributed by atoms with van der Waals surface area (Å²) < 4.78 is 0. The van der Waals surface area contributed by atoms with Gasteiger partial charge in [-0.15, -0.1) is 0 Å². The maximum atomic E-state index is 10.8. The molecule has 0 saturated carbocycles. The largest absolute Gasteiger partial charge is 0.395 e. The number of hydrogen-bond donors (Lipinski definition) is 3. The van der Waals surface area contributed by atoms with Gasteiger partial charge in [0.2, 0.25) is 0 Å². The fraction of sp³-hybridized carbons (Fsp3) is 0.875. The number of aliphatic hydroxyl groups excluding tert-OH is 1. The molecular formula is C8H17N3O2. The third kappa shape index (κ3) is 3.20. The van der Waals surface area contributed by atoms with Gasteiger partial charge < -0.3 is 21.1 Å². The van der Waals surface area contributed by atoms with E-state index in [9.17, 15) is 4.79 Å². The van der Waals surface area contributed by atoms with Crippen LogP contribution in [0.2, 0.25) is 0 Å². The van der Waals surface area contributed by atoms with Crippen molar-refractivity contribution >= 4 is 6.03 Å². The molecule has 5 nitrogen and oxygen atoms in total. The van der Waals surface area contributed by atoms with Gasteiger partial charge in [0.1, 0.15) is 0 Å². The van der Waals surface area contributed by atoms with Gasteiger partial charge in [0, 0.05) is 19.6 Å². The summed E-state index contributed by atoms with van der Waals surface area (Å²) in [6.07, 6.45) is 1.00. The summed E-state index contributed by atoms with van der Waals surface area (Å²) >= 11 is 0. The van der Waals surface area contributed by atoms with Crippen LogP contribution >= 0.6 is 0 Å². The smallest absolute Gasteiger partial charge is 0.314 e. The van der Waals surface area contributed by atoms with Gasteiger partial charge in [-0.1, -0.05) is 0 Å². The zero-order valence-corrected chi connectivity index (χ0v) is 7.70. The maximum absolute atomic E-state index is 10.8. The molecule has 0 radical (unpaired) electrons. The molecule has 1 aliphatic rings. The monoisotopic (exact) mass is 187 g/mol. The van der Waals surface area contributed by atoms with Crippen LogP contribution in [0.3, 0.4) is 0 Å². The number of likely N-dealkylation sites (tertiary alicyclic amines) is 1. The van der Waals surface area contributed by atoms with Gasteiger partial charge in [0.05, 0.1) is 6.61 Å². The molecule has 76 valence electrons. The molecule has 0 aromatic carbocycles. The van der Waals surface area contributed by atoms with E-state index in [4.69, 9.17) is 10.8 Å². The number of nitrogens with zero attached hydrogens (tertiary/aromatic N) is 1. The van der Waals surface area contributed by atoms with E-state index >= 15 is 0 Å². The summed E-state index contributed by atoms with van der Waals surface area (Å²) in [7, 11) is 0. The maximum Gasteiger partial charge on any atom is 0.314 e. The molecule has 1 unspecified atom stereocenters. The van der Waals surface area contributed by atoms with Crippen LogP contribution in [-0.2, 0) is 0 Å². The Morgan fingerprint density at radius 2 is 2.46 bits per heavy atom. The van der Waals surface area contributed by atoms with Crippen molar-refractivity contribution in [2.45, 2.75) is 6.42 Å². The van der Waals surface area contributed by atoms with E-state index in [-0.39, 0.29) is 12.6 Å². The highest BCUT2D eigenvalue weighted by atomic mass is 16.3. The Bertz CT molecular complexity index is 175. The lowest BCUT2D eigenvalue weighted by Gasteiger charge is -2.13. The lowest BCUT2D eigenvalue weighted by molar-refractivity contribution is 0.216. The Morgan fingerprint density at radius 3 is 3.00 bits per heavy atom. The number of amides is 2. The fourth-order valence-corrected chi connectivity index (χ4v) is 1.58. The van der Waals surface area contributed by atoms with Crippen molar-refractivity contribution in [3.05, 3.63) is 0 Å². The predicted octanol–water partition coefficient (Wildman–Crippen LogP) is -1.03. The highest BCUT2D eigenvalue weighted by Crippen LogP contribution is 2.14. The number of nitrogens with one attached hydrogen (secondary N) is 1. The second-order valence-corrected chi connectivity index (χ2v) is 3.37. The SMILES string of the molecule is NC(=O)N1CCC(CNCCO)C1. The van der Waals surface area contributed by atoms with Gasteiger partial charge >= 0.3 is 6.03 Å². The number of aliphatic hydroxyl groups is 1. The Morgan fingerprint density at radius 1 is 1.69 bits per heavy atom. The van der Waals surface area contributed by atoms with E-state index in [0.29, 0.717) is 12.5 Å². The first kappa shape index (κ1) is 10.3. The summed E-state index contributed by atoms with van der Waals surface area (Å²) in [6.45, 7) is 3.14. The molecule has 5 heteroatoms. The van der Waals surface area contributed by atoms with Crippen molar-refractivity contribution in [3.63, 3.8) is 0 Å². The molecule has 0 aromatic rings. The molecular weight excluding hydrogens is 170 g/mol. The first-order valence-corrected chi connectivity index (χ1v) is 4.60. The molecule has 4 N–H and O–H groups in total. The number of hydrogen-bond acceptors (Lipinski definition) is 3. The van der Waals surface area contributed by atoms with Crippen LogP contribution in [0.25, 0.3) is 0 Å². The third-order valence-corrected chi connectivity index (χ3v) is 2.32. The molecule has 2 amide bonds. The molecule has 13 heavy (non-hydrogen) atoms. The first-order chi connectivity index (χ1) is 6.24. The number of nitrogens with two attached hydrogens (primary N) is 1. The van der Waals surface area contributed by atoms with Crippen LogP contribution in [0, 0.1) is 5.92 Å². The lowest BCUT2D eigenvalue weighted by atomic mass is 10.1. The number of primary amides is 1. The van der Waals surface area contributed by atoms with Crippen LogP contribution in [-0.4, -0.2) is 48.8 Å². The quantitative estimate of drug-likeness (QED) is 0.492. The highest BCUT2D eigenvalue weighted by molar-refractivity contribution is 5.72. The van der Waals surface area contributed by atoms with Crippen molar-refractivity contribution in [1.82, 2.24) is 10.2 Å². The van der Waals surface area contributed by atoms with Gasteiger partial charge in [-0.3, -0.25) is 0 Å². The predicted molar refractivity (Wildman–Crippen MR) is 49.2 cm³/mol. The Labute approximate surface area is 77.9 Å². The Hall–Kier alpha value is -0.810. The molecule has 0 bridgehead atoms. The normalized spacial score (nSPS) is 22.2. The Balaban J connectivity index is 2.14. The van der Waals surface area contributed by atoms with Crippen molar-refractivity contribution in [1.29, 1.82) is 0 Å². The van der Waals surface area contributed by atoms with E-state index < -0.39 is 0 Å². The first-order valence-electron chi connectivity index (χ1n) is 4.60. The molecule has 1 heterocycles. The van der Waals surface area contributed by atoms with Crippen molar-refractivity contribution in [2.24, 2.45) is 11.7 Å². The zero-order chi connectivity index (χ0) is 9.68. The average Bonchev–Trinajstić information content (AvgIpc) is 2.53. The molecule has 1 fully saturated rings. The topological polar surface area (TPSA) is 78.6 Å². The van der Waals surface area contributed by atoms with E-state index in [1.165, 1.54) is 0 Å². The number of urea groups is 1. The van der Waals surface area contributed by atoms with E-state index in [0.717, 1.165) is 26.1 Å². The van der Waals surface area contributed by atoms with Crippen LogP contribution in [0.15, 0.2) is 0 Å². The van der Waals surface area contributed by atoms with Gasteiger partial charge in [-0.05, 0) is 18.9 Å². The summed E-state index contributed by atoms with van der Waals surface area (Å²) in [5.74, 6) is 0.485. The summed E-state index contributed by atoms with van der Waals surface area (Å²) in [4.78, 5) is 12.4. The second-order valence-electron chi connectivity index (χ2n) is 3.37. The van der Waals surface area contributed by atoms with Crippen LogP contribution in [0.4, 0.5) is 4.79 Å². The van der Waals surface area contributed by atoms with E-state index in [2.05, 4.69) is 5.32 Å². The zero-order valence-electron chi connectivity index (χ0n) is 7.70. The van der Waals surface area contributed by atoms with Crippen molar-refractivity contribution in [3.8, 4) is 0 Å². The standard InChI is InChI=1S/C8H17N3O2/c9-8(13)11-3-1-7(6-11)5-10-2-4-12/h7,10,12H,1-6H2,(H2,9,13). The van der Waals surface area contributed by atoms with Gasteiger partial charge in [0.15, 0.2) is 0 Å². The molecule has 1 aliphatic heterocycles. The van der Waals surface area contributed by atoms with Crippen LogP contribution < -0.4 is 11.1 Å². The van der Waals surface area contributed by atoms with Gasteiger partial charge in [0.25, 0.3) is 0 Å². The van der Waals surface area contributed by atoms with Crippen molar-refractivity contribution in [2.75, 3.05) is 32.8 Å². The number of carbonyl (C=O) groups excluding carboxylic acids is 1.